The molecule has 0 heterocycles. The molecule has 0 aromatic heterocycles. The summed E-state index contributed by atoms with van der Waals surface area (Å²) < 4.78 is 0. The van der Waals surface area contributed by atoms with Gasteiger partial charge < -0.3 is 5.32 Å². The Morgan fingerprint density at radius 1 is 1.00 bits per heavy atom. The molecule has 0 radical (unpaired) electrons. The summed E-state index contributed by atoms with van der Waals surface area (Å²) in [7, 11) is 0. The van der Waals surface area contributed by atoms with Gasteiger partial charge in [0.05, 0.1) is 5.69 Å². The third-order valence-electron chi connectivity index (χ3n) is 5.43. The standard InChI is InChI=1S/C27H26N2O/c1-3-9-24-26(28-25-17-16-22(21-14-15-21)18-20(25)4-2)12-8-13-27(24)29(19-30)23-10-6-5-7-11-23/h3-13,16-19,21,28H,2,14-15H2,1H3/b9-3-. The van der Waals surface area contributed by atoms with Crippen LogP contribution in [0.4, 0.5) is 22.7 Å². The Morgan fingerprint density at radius 2 is 1.80 bits per heavy atom. The van der Waals surface area contributed by atoms with Gasteiger partial charge in [0.2, 0.25) is 6.41 Å². The van der Waals surface area contributed by atoms with E-state index < -0.39 is 0 Å². The second-order valence-electron chi connectivity index (χ2n) is 7.50. The Kier molecular flexibility index (Phi) is 5.80. The summed E-state index contributed by atoms with van der Waals surface area (Å²) in [6, 6.07) is 22.2. The van der Waals surface area contributed by atoms with E-state index in [4.69, 9.17) is 0 Å². The monoisotopic (exact) mass is 394 g/mol. The Hall–Kier alpha value is -3.59. The van der Waals surface area contributed by atoms with Crippen LogP contribution in [-0.4, -0.2) is 6.41 Å². The minimum atomic E-state index is 0.701. The molecule has 3 heteroatoms. The molecule has 0 spiro atoms. The predicted octanol–water partition coefficient (Wildman–Crippen LogP) is 7.28. The quantitative estimate of drug-likeness (QED) is 0.407. The van der Waals surface area contributed by atoms with Crippen molar-refractivity contribution >= 4 is 41.3 Å². The van der Waals surface area contributed by atoms with E-state index in [9.17, 15) is 4.79 Å². The minimum absolute atomic E-state index is 0.701. The molecule has 1 aliphatic rings. The Balaban J connectivity index is 1.75. The molecule has 4 rings (SSSR count). The van der Waals surface area contributed by atoms with Gasteiger partial charge in [0.1, 0.15) is 0 Å². The molecule has 0 unspecified atom stereocenters. The van der Waals surface area contributed by atoms with Gasteiger partial charge >= 0.3 is 0 Å². The van der Waals surface area contributed by atoms with Crippen molar-refractivity contribution in [2.24, 2.45) is 0 Å². The maximum Gasteiger partial charge on any atom is 0.218 e. The second-order valence-corrected chi connectivity index (χ2v) is 7.50. The number of hydrogen-bond acceptors (Lipinski definition) is 2. The molecule has 0 aliphatic heterocycles. The zero-order valence-electron chi connectivity index (χ0n) is 17.2. The molecule has 150 valence electrons. The number of anilines is 4. The van der Waals surface area contributed by atoms with E-state index in [2.05, 4.69) is 30.1 Å². The number of nitrogens with zero attached hydrogens (tertiary/aromatic N) is 1. The largest absolute Gasteiger partial charge is 0.354 e. The number of carbonyl (C=O) groups is 1. The number of nitrogens with one attached hydrogen (secondary N) is 1. The molecule has 1 amide bonds. The van der Waals surface area contributed by atoms with Crippen LogP contribution in [0, 0.1) is 0 Å². The van der Waals surface area contributed by atoms with Crippen LogP contribution in [-0.2, 0) is 4.79 Å². The Bertz CT molecular complexity index is 1080. The van der Waals surface area contributed by atoms with Crippen molar-refractivity contribution in [3.63, 3.8) is 0 Å². The van der Waals surface area contributed by atoms with Crippen molar-refractivity contribution in [3.8, 4) is 0 Å². The first kappa shape index (κ1) is 19.7. The fourth-order valence-corrected chi connectivity index (χ4v) is 3.74. The number of amides is 1. The van der Waals surface area contributed by atoms with Crippen molar-refractivity contribution in [1.82, 2.24) is 0 Å². The van der Waals surface area contributed by atoms with Gasteiger partial charge in [-0.25, -0.2) is 0 Å². The van der Waals surface area contributed by atoms with E-state index in [-0.39, 0.29) is 0 Å². The number of hydrogen-bond donors (Lipinski definition) is 1. The molecule has 1 aliphatic carbocycles. The molecule has 3 nitrogen and oxygen atoms in total. The van der Waals surface area contributed by atoms with E-state index in [1.54, 1.807) is 4.90 Å². The van der Waals surface area contributed by atoms with Gasteiger partial charge in [0.25, 0.3) is 0 Å². The molecule has 1 N–H and O–H groups in total. The van der Waals surface area contributed by atoms with E-state index in [0.717, 1.165) is 40.3 Å². The van der Waals surface area contributed by atoms with E-state index in [1.807, 2.05) is 73.7 Å². The topological polar surface area (TPSA) is 32.3 Å². The van der Waals surface area contributed by atoms with Crippen LogP contribution < -0.4 is 10.2 Å². The highest BCUT2D eigenvalue weighted by atomic mass is 16.1. The van der Waals surface area contributed by atoms with Crippen molar-refractivity contribution < 1.29 is 4.79 Å². The number of benzene rings is 3. The van der Waals surface area contributed by atoms with Crippen LogP contribution in [0.2, 0.25) is 0 Å². The average Bonchev–Trinajstić information content (AvgIpc) is 3.63. The smallest absolute Gasteiger partial charge is 0.218 e. The lowest BCUT2D eigenvalue weighted by atomic mass is 10.0. The van der Waals surface area contributed by atoms with E-state index >= 15 is 0 Å². The third-order valence-corrected chi connectivity index (χ3v) is 5.43. The van der Waals surface area contributed by atoms with Crippen LogP contribution in [0.3, 0.4) is 0 Å². The van der Waals surface area contributed by atoms with E-state index in [0.29, 0.717) is 5.92 Å². The van der Waals surface area contributed by atoms with Gasteiger partial charge in [0.15, 0.2) is 0 Å². The summed E-state index contributed by atoms with van der Waals surface area (Å²) in [6.45, 7) is 5.98. The lowest BCUT2D eigenvalue weighted by Crippen LogP contribution is -2.15. The van der Waals surface area contributed by atoms with Crippen LogP contribution in [0.1, 0.15) is 42.4 Å². The molecule has 1 fully saturated rings. The van der Waals surface area contributed by atoms with Gasteiger partial charge in [0, 0.05) is 22.6 Å². The average molecular weight is 395 g/mol. The second kappa shape index (κ2) is 8.83. The first-order valence-corrected chi connectivity index (χ1v) is 10.3. The summed E-state index contributed by atoms with van der Waals surface area (Å²) in [5.74, 6) is 0.701. The predicted molar refractivity (Wildman–Crippen MR) is 128 cm³/mol. The molecule has 3 aromatic rings. The van der Waals surface area contributed by atoms with Crippen LogP contribution in [0.25, 0.3) is 12.2 Å². The highest BCUT2D eigenvalue weighted by molar-refractivity contribution is 5.94. The Morgan fingerprint density at radius 3 is 2.47 bits per heavy atom. The fraction of sp³-hybridized carbons (Fsp3) is 0.148. The molecule has 3 aromatic carbocycles. The molecular formula is C27H26N2O. The lowest BCUT2D eigenvalue weighted by Gasteiger charge is -2.22. The van der Waals surface area contributed by atoms with Crippen molar-refractivity contribution in [1.29, 1.82) is 0 Å². The molecule has 1 saturated carbocycles. The van der Waals surface area contributed by atoms with Gasteiger partial charge in [-0.2, -0.15) is 0 Å². The van der Waals surface area contributed by atoms with Gasteiger partial charge in [-0.05, 0) is 73.2 Å². The summed E-state index contributed by atoms with van der Waals surface area (Å²) in [5, 5.41) is 3.57. The minimum Gasteiger partial charge on any atom is -0.354 e. The van der Waals surface area contributed by atoms with Gasteiger partial charge in [-0.1, -0.05) is 55.1 Å². The molecule has 30 heavy (non-hydrogen) atoms. The molecule has 0 atom stereocenters. The number of carbonyl (C=O) groups excluding carboxylic acids is 1. The summed E-state index contributed by atoms with van der Waals surface area (Å²) >= 11 is 0. The van der Waals surface area contributed by atoms with Gasteiger partial charge in [-0.3, -0.25) is 9.69 Å². The lowest BCUT2D eigenvalue weighted by molar-refractivity contribution is -0.106. The zero-order valence-corrected chi connectivity index (χ0v) is 17.2. The molecule has 0 bridgehead atoms. The Labute approximate surface area is 178 Å². The van der Waals surface area contributed by atoms with Crippen molar-refractivity contribution in [2.45, 2.75) is 25.7 Å². The molecule has 0 saturated heterocycles. The SMILES string of the molecule is C=Cc1cc(C2CC2)ccc1Nc1cccc(N(C=O)c2ccccc2)c1/C=C\C. The first-order valence-electron chi connectivity index (χ1n) is 10.3. The molecular weight excluding hydrogens is 368 g/mol. The zero-order chi connectivity index (χ0) is 20.9. The number of allylic oxidation sites excluding steroid dienone is 1. The van der Waals surface area contributed by atoms with Crippen LogP contribution in [0.5, 0.6) is 0 Å². The summed E-state index contributed by atoms with van der Waals surface area (Å²) in [6.07, 6.45) is 9.33. The first-order chi connectivity index (χ1) is 14.7. The fourth-order valence-electron chi connectivity index (χ4n) is 3.74. The van der Waals surface area contributed by atoms with Crippen LogP contribution >= 0.6 is 0 Å². The summed E-state index contributed by atoms with van der Waals surface area (Å²) in [4.78, 5) is 13.7. The highest BCUT2D eigenvalue weighted by Gasteiger charge is 2.24. The van der Waals surface area contributed by atoms with E-state index in [1.165, 1.54) is 18.4 Å². The number of para-hydroxylation sites is 1. The maximum absolute atomic E-state index is 12.0. The van der Waals surface area contributed by atoms with Crippen molar-refractivity contribution in [3.05, 3.63) is 96.1 Å². The van der Waals surface area contributed by atoms with Crippen molar-refractivity contribution in [2.75, 3.05) is 10.2 Å². The van der Waals surface area contributed by atoms with Gasteiger partial charge in [-0.15, -0.1) is 0 Å². The maximum atomic E-state index is 12.0. The van der Waals surface area contributed by atoms with Crippen LogP contribution in [0.15, 0.2) is 79.4 Å². The highest BCUT2D eigenvalue weighted by Crippen LogP contribution is 2.42. The third kappa shape index (κ3) is 4.06. The normalized spacial score (nSPS) is 13.2. The summed E-state index contributed by atoms with van der Waals surface area (Å²) in [5.41, 5.74) is 7.04. The number of rotatable bonds is 8.